The molecule has 45 heavy (non-hydrogen) atoms. The molecular weight excluding hydrogens is 610 g/mol. The van der Waals surface area contributed by atoms with E-state index in [-0.39, 0.29) is 18.4 Å². The number of esters is 1. The Morgan fingerprint density at radius 2 is 1.73 bits per heavy atom. The highest BCUT2D eigenvalue weighted by molar-refractivity contribution is 8.16. The number of thioether (sulfide) groups is 1. The summed E-state index contributed by atoms with van der Waals surface area (Å²) < 4.78 is 39.6. The average Bonchev–Trinajstić information content (AvgIpc) is 3.58. The van der Waals surface area contributed by atoms with Crippen LogP contribution >= 0.6 is 11.8 Å². The molecule has 8 nitrogen and oxygen atoms in total. The number of ether oxygens (including phenoxy) is 2. The van der Waals surface area contributed by atoms with Gasteiger partial charge in [0, 0.05) is 40.3 Å². The number of halogens is 1. The molecule has 4 rings (SSSR count). The zero-order valence-corrected chi connectivity index (χ0v) is 31.2. The first kappa shape index (κ1) is 36.1. The summed E-state index contributed by atoms with van der Waals surface area (Å²) in [5.74, 6) is -2.14. The summed E-state index contributed by atoms with van der Waals surface area (Å²) in [4.78, 5) is 34.3. The van der Waals surface area contributed by atoms with Gasteiger partial charge in [0.05, 0.1) is 28.4 Å². The number of hydrogen-bond acceptors (Lipinski definition) is 8. The van der Waals surface area contributed by atoms with E-state index in [0.29, 0.717) is 29.1 Å². The van der Waals surface area contributed by atoms with Crippen LogP contribution in [0.4, 0.5) is 4.39 Å². The van der Waals surface area contributed by atoms with Crippen LogP contribution in [0.1, 0.15) is 67.4 Å². The molecule has 0 spiro atoms. The second-order valence-electron chi connectivity index (χ2n) is 16.3. The third-order valence-electron chi connectivity index (χ3n) is 9.32. The SMILES string of the molecule is CN(C)C(=O)[C@]12C[C@H]1[C@@](C)(c1cc(B3OC(C)(C)C(C)(C)O3)ccc1F)N=C(C(COCC[Si](C)(C)C)C(=O)OC(C)(C)C)S2. The van der Waals surface area contributed by atoms with Crippen molar-refractivity contribution in [1.29, 1.82) is 0 Å². The molecule has 1 saturated carbocycles. The van der Waals surface area contributed by atoms with Crippen LogP contribution in [0.5, 0.6) is 0 Å². The third kappa shape index (κ3) is 7.40. The first-order chi connectivity index (χ1) is 20.4. The number of benzene rings is 1. The van der Waals surface area contributed by atoms with E-state index < -0.39 is 60.0 Å². The number of rotatable bonds is 10. The van der Waals surface area contributed by atoms with E-state index in [9.17, 15) is 9.59 Å². The zero-order valence-electron chi connectivity index (χ0n) is 29.4. The summed E-state index contributed by atoms with van der Waals surface area (Å²) in [6.45, 7) is 22.6. The van der Waals surface area contributed by atoms with Gasteiger partial charge >= 0.3 is 13.1 Å². The quantitative estimate of drug-likeness (QED) is 0.182. The minimum absolute atomic E-state index is 0.0641. The Morgan fingerprint density at radius 1 is 1.13 bits per heavy atom. The van der Waals surface area contributed by atoms with Gasteiger partial charge in [0.25, 0.3) is 0 Å². The molecule has 250 valence electrons. The van der Waals surface area contributed by atoms with Crippen LogP contribution in [0.25, 0.3) is 0 Å². The van der Waals surface area contributed by atoms with Crippen molar-refractivity contribution in [1.82, 2.24) is 4.90 Å². The van der Waals surface area contributed by atoms with E-state index in [1.54, 1.807) is 31.1 Å². The zero-order chi connectivity index (χ0) is 34.0. The summed E-state index contributed by atoms with van der Waals surface area (Å²) in [6, 6.07) is 5.78. The lowest BCUT2D eigenvalue weighted by Gasteiger charge is -2.37. The van der Waals surface area contributed by atoms with Crippen LogP contribution in [0, 0.1) is 17.7 Å². The summed E-state index contributed by atoms with van der Waals surface area (Å²) >= 11 is 1.32. The molecule has 0 aromatic heterocycles. The maximum atomic E-state index is 16.0. The van der Waals surface area contributed by atoms with Gasteiger partial charge in [-0.3, -0.25) is 14.6 Å². The van der Waals surface area contributed by atoms with Crippen LogP contribution in [-0.4, -0.2) is 85.9 Å². The van der Waals surface area contributed by atoms with Gasteiger partial charge in [-0.05, 0) is 79.4 Å². The molecule has 2 fully saturated rings. The molecule has 1 aromatic rings. The molecule has 2 heterocycles. The Kier molecular flexibility index (Phi) is 9.68. The predicted molar refractivity (Wildman–Crippen MR) is 182 cm³/mol. The second kappa shape index (κ2) is 12.1. The molecule has 3 aliphatic rings. The van der Waals surface area contributed by atoms with Crippen molar-refractivity contribution in [3.63, 3.8) is 0 Å². The van der Waals surface area contributed by atoms with Gasteiger partial charge < -0.3 is 23.7 Å². The number of carbonyl (C=O) groups is 2. The lowest BCUT2D eigenvalue weighted by atomic mass is 9.75. The minimum Gasteiger partial charge on any atom is -0.459 e. The van der Waals surface area contributed by atoms with E-state index in [1.807, 2.05) is 55.4 Å². The number of aliphatic imine (C=N–C) groups is 1. The lowest BCUT2D eigenvalue weighted by Crippen LogP contribution is -2.46. The van der Waals surface area contributed by atoms with Gasteiger partial charge in [-0.1, -0.05) is 43.5 Å². The van der Waals surface area contributed by atoms with Crippen molar-refractivity contribution in [3.8, 4) is 0 Å². The molecular formula is C33H52BFN2O6SSi. The fraction of sp³-hybridized carbons (Fsp3) is 0.727. The van der Waals surface area contributed by atoms with Gasteiger partial charge in [-0.25, -0.2) is 4.39 Å². The predicted octanol–water partition coefficient (Wildman–Crippen LogP) is 5.65. The van der Waals surface area contributed by atoms with Crippen molar-refractivity contribution in [2.45, 2.75) is 115 Å². The largest absolute Gasteiger partial charge is 0.494 e. The molecule has 1 unspecified atom stereocenters. The maximum Gasteiger partial charge on any atom is 0.494 e. The van der Waals surface area contributed by atoms with Gasteiger partial charge in [0.1, 0.15) is 22.1 Å². The summed E-state index contributed by atoms with van der Waals surface area (Å²) in [6.07, 6.45) is 0.496. The first-order valence-corrected chi connectivity index (χ1v) is 20.4. The van der Waals surface area contributed by atoms with E-state index in [0.717, 1.165) is 6.04 Å². The van der Waals surface area contributed by atoms with Crippen molar-refractivity contribution in [2.75, 3.05) is 27.3 Å². The number of fused-ring (bicyclic) bond motifs is 1. The second-order valence-corrected chi connectivity index (χ2v) is 23.3. The monoisotopic (exact) mass is 662 g/mol. The molecule has 4 atom stereocenters. The average molecular weight is 663 g/mol. The Morgan fingerprint density at radius 3 is 2.27 bits per heavy atom. The number of carbonyl (C=O) groups excluding carboxylic acids is 2. The standard InChI is InChI=1S/C33H52BFN2O6SSi/c1-29(2,3)41-27(38)22(20-40-16-17-45(11,12)13)26-36-32(8,25-19-33(25,44-26)28(39)37(9)10)23-18-21(14-15-24(23)35)34-42-30(4,5)31(6,7)43-34/h14-15,18,22,25H,16-17,19-20H2,1-13H3/t22?,25-,32+,33-/m0/s1. The van der Waals surface area contributed by atoms with Crippen molar-refractivity contribution in [3.05, 3.63) is 29.6 Å². The fourth-order valence-electron chi connectivity index (χ4n) is 5.83. The Balaban J connectivity index is 1.80. The van der Waals surface area contributed by atoms with Crippen molar-refractivity contribution >= 4 is 49.3 Å². The molecule has 1 amide bonds. The fourth-order valence-corrected chi connectivity index (χ4v) is 8.39. The van der Waals surface area contributed by atoms with E-state index in [1.165, 1.54) is 17.8 Å². The van der Waals surface area contributed by atoms with E-state index in [4.69, 9.17) is 23.8 Å². The molecule has 0 bridgehead atoms. The Hall–Kier alpha value is -1.73. The number of hydrogen-bond donors (Lipinski definition) is 0. The maximum absolute atomic E-state index is 16.0. The Labute approximate surface area is 274 Å². The van der Waals surface area contributed by atoms with E-state index in [2.05, 4.69) is 19.6 Å². The molecule has 0 N–H and O–H groups in total. The van der Waals surface area contributed by atoms with Crippen LogP contribution in [-0.2, 0) is 33.9 Å². The lowest BCUT2D eigenvalue weighted by molar-refractivity contribution is -0.159. The number of nitrogens with zero attached hydrogens (tertiary/aromatic N) is 2. The van der Waals surface area contributed by atoms with Gasteiger partial charge in [-0.2, -0.15) is 0 Å². The third-order valence-corrected chi connectivity index (χ3v) is 12.6. The molecule has 1 aromatic carbocycles. The first-order valence-electron chi connectivity index (χ1n) is 15.9. The van der Waals surface area contributed by atoms with Crippen LogP contribution in [0.3, 0.4) is 0 Å². The molecule has 1 saturated heterocycles. The highest BCUT2D eigenvalue weighted by atomic mass is 32.2. The van der Waals surface area contributed by atoms with Crippen LogP contribution in [0.15, 0.2) is 23.2 Å². The van der Waals surface area contributed by atoms with Gasteiger partial charge in [0.15, 0.2) is 0 Å². The Bertz CT molecular complexity index is 1340. The summed E-state index contributed by atoms with van der Waals surface area (Å²) in [5, 5.41) is 0.434. The van der Waals surface area contributed by atoms with Crippen molar-refractivity contribution in [2.24, 2.45) is 16.8 Å². The molecule has 0 radical (unpaired) electrons. The van der Waals surface area contributed by atoms with Crippen LogP contribution in [0.2, 0.25) is 25.7 Å². The summed E-state index contributed by atoms with van der Waals surface area (Å²) in [5.41, 5.74) is -2.00. The molecule has 12 heteroatoms. The minimum atomic E-state index is -1.38. The molecule has 2 aliphatic heterocycles. The van der Waals surface area contributed by atoms with Gasteiger partial charge in [0.2, 0.25) is 5.91 Å². The van der Waals surface area contributed by atoms with Crippen molar-refractivity contribution < 1.29 is 32.8 Å². The summed E-state index contributed by atoms with van der Waals surface area (Å²) in [7, 11) is 1.38. The topological polar surface area (TPSA) is 86.7 Å². The normalized spacial score (nSPS) is 27.8. The number of amides is 1. The van der Waals surface area contributed by atoms with Crippen LogP contribution < -0.4 is 5.46 Å². The smallest absolute Gasteiger partial charge is 0.459 e. The highest BCUT2D eigenvalue weighted by Crippen LogP contribution is 2.67. The van der Waals surface area contributed by atoms with E-state index >= 15 is 4.39 Å². The van der Waals surface area contributed by atoms with Gasteiger partial charge in [-0.15, -0.1) is 0 Å². The highest BCUT2D eigenvalue weighted by Gasteiger charge is 2.71. The molecule has 1 aliphatic carbocycles.